The van der Waals surface area contributed by atoms with Crippen LogP contribution in [0.15, 0.2) is 48.5 Å². The Morgan fingerprint density at radius 3 is 2.38 bits per heavy atom. The van der Waals surface area contributed by atoms with E-state index in [9.17, 15) is 9.59 Å². The number of hydrogen-bond acceptors (Lipinski definition) is 2. The van der Waals surface area contributed by atoms with E-state index in [4.69, 9.17) is 23.2 Å². The first kappa shape index (κ1) is 20.0. The lowest BCUT2D eigenvalue weighted by atomic mass is 10.1. The van der Waals surface area contributed by atoms with Gasteiger partial charge in [0.15, 0.2) is 0 Å². The van der Waals surface area contributed by atoms with Gasteiger partial charge in [-0.3, -0.25) is 9.59 Å². The highest BCUT2D eigenvalue weighted by molar-refractivity contribution is 6.35. The highest BCUT2D eigenvalue weighted by Crippen LogP contribution is 2.21. The lowest BCUT2D eigenvalue weighted by molar-refractivity contribution is -0.116. The van der Waals surface area contributed by atoms with Gasteiger partial charge in [-0.15, -0.1) is 0 Å². The number of halogens is 2. The first-order valence-electron chi connectivity index (χ1n) is 8.08. The predicted molar refractivity (Wildman–Crippen MR) is 107 cm³/mol. The van der Waals surface area contributed by atoms with E-state index in [1.807, 2.05) is 6.07 Å². The number of nitrogens with one attached hydrogen (secondary N) is 1. The molecule has 0 atom stereocenters. The van der Waals surface area contributed by atoms with Crippen molar-refractivity contribution in [1.82, 2.24) is 10.2 Å². The highest BCUT2D eigenvalue weighted by atomic mass is 35.5. The van der Waals surface area contributed by atoms with Crippen molar-refractivity contribution in [3.8, 4) is 0 Å². The van der Waals surface area contributed by atoms with Crippen LogP contribution in [0.1, 0.15) is 21.5 Å². The van der Waals surface area contributed by atoms with Crippen molar-refractivity contribution >= 4 is 41.1 Å². The van der Waals surface area contributed by atoms with E-state index in [1.54, 1.807) is 56.6 Å². The molecule has 0 radical (unpaired) electrons. The van der Waals surface area contributed by atoms with Gasteiger partial charge in [-0.25, -0.2) is 0 Å². The molecule has 0 unspecified atom stereocenters. The molecule has 1 N–H and O–H groups in total. The predicted octanol–water partition coefficient (Wildman–Crippen LogP) is 4.07. The summed E-state index contributed by atoms with van der Waals surface area (Å²) < 4.78 is 0. The molecule has 0 aromatic heterocycles. The topological polar surface area (TPSA) is 49.4 Å². The van der Waals surface area contributed by atoms with Gasteiger partial charge in [0.2, 0.25) is 5.91 Å². The Morgan fingerprint density at radius 2 is 1.77 bits per heavy atom. The Bertz CT molecular complexity index is 815. The van der Waals surface area contributed by atoms with E-state index in [0.29, 0.717) is 28.6 Å². The first-order valence-corrected chi connectivity index (χ1v) is 8.84. The van der Waals surface area contributed by atoms with E-state index in [2.05, 4.69) is 5.32 Å². The number of amides is 2. The van der Waals surface area contributed by atoms with E-state index >= 15 is 0 Å². The Balaban J connectivity index is 1.84. The number of rotatable bonds is 6. The largest absolute Gasteiger partial charge is 0.352 e. The van der Waals surface area contributed by atoms with Gasteiger partial charge in [0, 0.05) is 42.3 Å². The van der Waals surface area contributed by atoms with E-state index in [0.717, 1.165) is 11.1 Å². The SMILES string of the molecule is CN(C)C(=O)c1ccc(/C=C/C(=O)NCCc2ccc(Cl)cc2Cl)cc1. The molecule has 0 saturated heterocycles. The van der Waals surface area contributed by atoms with Crippen LogP contribution in [0.25, 0.3) is 6.08 Å². The maximum absolute atomic E-state index is 11.9. The number of carbonyl (C=O) groups is 2. The molecule has 26 heavy (non-hydrogen) atoms. The zero-order valence-electron chi connectivity index (χ0n) is 14.6. The van der Waals surface area contributed by atoms with Gasteiger partial charge in [-0.05, 0) is 47.9 Å². The molecule has 4 nitrogen and oxygen atoms in total. The van der Waals surface area contributed by atoms with E-state index in [-0.39, 0.29) is 11.8 Å². The van der Waals surface area contributed by atoms with Crippen molar-refractivity contribution in [2.45, 2.75) is 6.42 Å². The van der Waals surface area contributed by atoms with E-state index < -0.39 is 0 Å². The smallest absolute Gasteiger partial charge is 0.253 e. The monoisotopic (exact) mass is 390 g/mol. The Labute approximate surface area is 163 Å². The fourth-order valence-electron chi connectivity index (χ4n) is 2.27. The summed E-state index contributed by atoms with van der Waals surface area (Å²) in [5.41, 5.74) is 2.38. The minimum absolute atomic E-state index is 0.0564. The molecule has 0 aliphatic rings. The second-order valence-electron chi connectivity index (χ2n) is 5.93. The van der Waals surface area contributed by atoms with Crippen molar-refractivity contribution in [2.75, 3.05) is 20.6 Å². The van der Waals surface area contributed by atoms with Crippen molar-refractivity contribution in [1.29, 1.82) is 0 Å². The van der Waals surface area contributed by atoms with Crippen LogP contribution in [-0.2, 0) is 11.2 Å². The van der Waals surface area contributed by atoms with Gasteiger partial charge in [0.25, 0.3) is 5.91 Å². The fraction of sp³-hybridized carbons (Fsp3) is 0.200. The molecule has 0 aliphatic carbocycles. The quantitative estimate of drug-likeness (QED) is 0.755. The minimum Gasteiger partial charge on any atom is -0.352 e. The Morgan fingerprint density at radius 1 is 1.08 bits per heavy atom. The molecule has 2 aromatic rings. The molecule has 0 fully saturated rings. The average Bonchev–Trinajstić information content (AvgIpc) is 2.61. The van der Waals surface area contributed by atoms with Crippen molar-refractivity contribution in [2.24, 2.45) is 0 Å². The number of carbonyl (C=O) groups excluding carboxylic acids is 2. The lowest BCUT2D eigenvalue weighted by Gasteiger charge is -2.09. The van der Waals surface area contributed by atoms with Crippen molar-refractivity contribution < 1.29 is 9.59 Å². The van der Waals surface area contributed by atoms with Crippen LogP contribution in [0.4, 0.5) is 0 Å². The van der Waals surface area contributed by atoms with Gasteiger partial charge >= 0.3 is 0 Å². The summed E-state index contributed by atoms with van der Waals surface area (Å²) in [6.07, 6.45) is 3.79. The normalized spacial score (nSPS) is 10.8. The fourth-order valence-corrected chi connectivity index (χ4v) is 2.77. The molecule has 0 saturated carbocycles. The molecule has 2 rings (SSSR count). The van der Waals surface area contributed by atoms with Gasteiger partial charge in [-0.2, -0.15) is 0 Å². The van der Waals surface area contributed by atoms with Crippen molar-refractivity contribution in [3.63, 3.8) is 0 Å². The molecule has 0 heterocycles. The molecule has 6 heteroatoms. The van der Waals surface area contributed by atoms with E-state index in [1.165, 1.54) is 11.0 Å². The van der Waals surface area contributed by atoms with Gasteiger partial charge < -0.3 is 10.2 Å². The number of benzene rings is 2. The first-order chi connectivity index (χ1) is 12.4. The summed E-state index contributed by atoms with van der Waals surface area (Å²) in [6.45, 7) is 0.473. The maximum atomic E-state index is 11.9. The third kappa shape index (κ3) is 5.90. The zero-order chi connectivity index (χ0) is 19.1. The molecular weight excluding hydrogens is 371 g/mol. The molecule has 136 valence electrons. The summed E-state index contributed by atoms with van der Waals surface area (Å²) in [5.74, 6) is -0.248. The third-order valence-corrected chi connectivity index (χ3v) is 4.29. The highest BCUT2D eigenvalue weighted by Gasteiger charge is 2.06. The van der Waals surface area contributed by atoms with Crippen LogP contribution in [0.2, 0.25) is 10.0 Å². The summed E-state index contributed by atoms with van der Waals surface area (Å²) in [6, 6.07) is 12.4. The summed E-state index contributed by atoms with van der Waals surface area (Å²) >= 11 is 12.0. The van der Waals surface area contributed by atoms with Crippen LogP contribution in [0, 0.1) is 0 Å². The molecular formula is C20H20Cl2N2O2. The van der Waals surface area contributed by atoms with Crippen molar-refractivity contribution in [3.05, 3.63) is 75.3 Å². The van der Waals surface area contributed by atoms with Crippen LogP contribution in [0.5, 0.6) is 0 Å². The van der Waals surface area contributed by atoms with Crippen LogP contribution in [-0.4, -0.2) is 37.4 Å². The van der Waals surface area contributed by atoms with Crippen LogP contribution in [0.3, 0.4) is 0 Å². The summed E-state index contributed by atoms with van der Waals surface area (Å²) in [5, 5.41) is 3.99. The average molecular weight is 391 g/mol. The summed E-state index contributed by atoms with van der Waals surface area (Å²) in [7, 11) is 3.41. The molecule has 0 spiro atoms. The standard InChI is InChI=1S/C20H20Cl2N2O2/c1-24(2)20(26)16-6-3-14(4-7-16)5-10-19(25)23-12-11-15-8-9-17(21)13-18(15)22/h3-10,13H,11-12H2,1-2H3,(H,23,25)/b10-5+. The molecule has 0 bridgehead atoms. The second kappa shape index (κ2) is 9.41. The Kier molecular flexibility index (Phi) is 7.25. The summed E-state index contributed by atoms with van der Waals surface area (Å²) in [4.78, 5) is 25.2. The lowest BCUT2D eigenvalue weighted by Crippen LogP contribution is -2.23. The second-order valence-corrected chi connectivity index (χ2v) is 6.78. The zero-order valence-corrected chi connectivity index (χ0v) is 16.1. The van der Waals surface area contributed by atoms with Crippen LogP contribution >= 0.6 is 23.2 Å². The van der Waals surface area contributed by atoms with Gasteiger partial charge in [0.05, 0.1) is 0 Å². The maximum Gasteiger partial charge on any atom is 0.253 e. The van der Waals surface area contributed by atoms with Crippen LogP contribution < -0.4 is 5.32 Å². The minimum atomic E-state index is -0.191. The van der Waals surface area contributed by atoms with Gasteiger partial charge in [-0.1, -0.05) is 41.4 Å². The number of nitrogens with zero attached hydrogens (tertiary/aromatic N) is 1. The molecule has 2 amide bonds. The number of hydrogen-bond donors (Lipinski definition) is 1. The molecule has 0 aliphatic heterocycles. The third-order valence-electron chi connectivity index (χ3n) is 3.70. The van der Waals surface area contributed by atoms with Gasteiger partial charge in [0.1, 0.15) is 0 Å². The Hall–Kier alpha value is -2.30. The molecule has 2 aromatic carbocycles.